The van der Waals surface area contributed by atoms with Gasteiger partial charge in [0.25, 0.3) is 5.22 Å². The van der Waals surface area contributed by atoms with Crippen LogP contribution >= 0.6 is 11.8 Å². The van der Waals surface area contributed by atoms with Crippen molar-refractivity contribution in [3.63, 3.8) is 0 Å². The van der Waals surface area contributed by atoms with Crippen molar-refractivity contribution in [1.29, 1.82) is 0 Å². The molecule has 9 heteroatoms. The Bertz CT molecular complexity index is 2080. The molecule has 7 rings (SSSR count). The first-order chi connectivity index (χ1) is 26.5. The first-order valence-electron chi connectivity index (χ1n) is 18.0. The van der Waals surface area contributed by atoms with Crippen LogP contribution in [0.4, 0.5) is 4.79 Å². The van der Waals surface area contributed by atoms with Crippen molar-refractivity contribution < 1.29 is 28.5 Å². The Labute approximate surface area is 319 Å². The lowest BCUT2D eigenvalue weighted by atomic mass is 9.91. The number of nitrogens with zero attached hydrogens (tertiary/aromatic N) is 1. The molecule has 6 aromatic rings. The smallest absolute Gasteiger partial charge is 0.407 e. The zero-order valence-corrected chi connectivity index (χ0v) is 30.8. The Morgan fingerprint density at radius 1 is 0.833 bits per heavy atom. The van der Waals surface area contributed by atoms with Gasteiger partial charge in [0.15, 0.2) is 12.1 Å². The number of aliphatic hydroxyl groups is 1. The molecule has 0 unspecified atom stereocenters. The van der Waals surface area contributed by atoms with Gasteiger partial charge in [0.2, 0.25) is 0 Å². The van der Waals surface area contributed by atoms with Crippen LogP contribution in [-0.4, -0.2) is 34.6 Å². The van der Waals surface area contributed by atoms with Crippen LogP contribution in [0.3, 0.4) is 0 Å². The first-order valence-corrected chi connectivity index (χ1v) is 18.9. The van der Waals surface area contributed by atoms with Gasteiger partial charge in [-0.2, -0.15) is 0 Å². The molecule has 1 amide bonds. The van der Waals surface area contributed by atoms with Crippen LogP contribution in [0.5, 0.6) is 0 Å². The van der Waals surface area contributed by atoms with Gasteiger partial charge >= 0.3 is 6.09 Å². The number of carbonyl (C=O) groups is 1. The van der Waals surface area contributed by atoms with E-state index in [0.717, 1.165) is 56.0 Å². The second-order valence-electron chi connectivity index (χ2n) is 13.0. The van der Waals surface area contributed by atoms with Gasteiger partial charge in [-0.25, -0.2) is 9.78 Å². The van der Waals surface area contributed by atoms with E-state index in [0.29, 0.717) is 17.5 Å². The highest BCUT2D eigenvalue weighted by molar-refractivity contribution is 7.99. The van der Waals surface area contributed by atoms with Crippen molar-refractivity contribution in [2.24, 2.45) is 5.92 Å². The van der Waals surface area contributed by atoms with Crippen LogP contribution in [0.2, 0.25) is 0 Å². The van der Waals surface area contributed by atoms with E-state index >= 15 is 0 Å². The predicted octanol–water partition coefficient (Wildman–Crippen LogP) is 10.2. The van der Waals surface area contributed by atoms with E-state index < -0.39 is 12.4 Å². The Hall–Kier alpha value is -5.45. The van der Waals surface area contributed by atoms with Gasteiger partial charge in [-0.1, -0.05) is 165 Å². The van der Waals surface area contributed by atoms with Gasteiger partial charge < -0.3 is 29.1 Å². The summed E-state index contributed by atoms with van der Waals surface area (Å²) in [4.78, 5) is 17.1. The van der Waals surface area contributed by atoms with Crippen molar-refractivity contribution in [1.82, 2.24) is 10.3 Å². The highest BCUT2D eigenvalue weighted by Gasteiger charge is 2.38. The zero-order valence-electron chi connectivity index (χ0n) is 30.0. The van der Waals surface area contributed by atoms with Crippen LogP contribution in [0.15, 0.2) is 156 Å². The topological polar surface area (TPSA) is 103 Å². The number of hydrogen-bond acceptors (Lipinski definition) is 8. The molecular formula is C45H42N2O6S. The van der Waals surface area contributed by atoms with Gasteiger partial charge in [-0.05, 0) is 27.8 Å². The van der Waals surface area contributed by atoms with Crippen LogP contribution in [0.1, 0.15) is 41.6 Å². The second kappa shape index (κ2) is 17.6. The average Bonchev–Trinajstić information content (AvgIpc) is 3.67. The summed E-state index contributed by atoms with van der Waals surface area (Å²) in [5.41, 5.74) is 8.45. The number of alkyl carbamates (subject to hydrolysis) is 1. The fraction of sp³-hybridized carbons (Fsp3) is 0.200. The van der Waals surface area contributed by atoms with Gasteiger partial charge in [0.05, 0.1) is 18.8 Å². The molecule has 2 N–H and O–H groups in total. The number of hydrogen-bond donors (Lipinski definition) is 2. The number of amides is 1. The highest BCUT2D eigenvalue weighted by Crippen LogP contribution is 2.44. The van der Waals surface area contributed by atoms with Gasteiger partial charge in [0, 0.05) is 34.9 Å². The summed E-state index contributed by atoms with van der Waals surface area (Å²) in [5, 5.41) is 13.1. The number of oxazole rings is 1. The van der Waals surface area contributed by atoms with E-state index in [1.165, 1.54) is 17.8 Å². The molecule has 1 aliphatic heterocycles. The molecule has 5 aromatic carbocycles. The van der Waals surface area contributed by atoms with Gasteiger partial charge in [0.1, 0.15) is 12.3 Å². The summed E-state index contributed by atoms with van der Waals surface area (Å²) in [6.45, 7) is 6.18. The summed E-state index contributed by atoms with van der Waals surface area (Å²) in [7, 11) is 0. The largest absolute Gasteiger partial charge is 0.445 e. The SMILES string of the molecule is C=CCOC(=O)NCc1ccccc1-c1ccc([C@H]2O[C@@H](CSc3nc(-c4ccccc4)c(-c4ccccc4)o3)[C@@H](C)[C@@H](c3ccc(CO)cc3)O2)cc1. The third kappa shape index (κ3) is 8.67. The molecule has 0 bridgehead atoms. The Kier molecular flexibility index (Phi) is 12.0. The van der Waals surface area contributed by atoms with Crippen molar-refractivity contribution >= 4 is 17.9 Å². The fourth-order valence-electron chi connectivity index (χ4n) is 6.53. The highest BCUT2D eigenvalue weighted by atomic mass is 32.2. The summed E-state index contributed by atoms with van der Waals surface area (Å²) in [6.07, 6.45) is -0.0745. The average molecular weight is 739 g/mol. The van der Waals surface area contributed by atoms with E-state index in [1.54, 1.807) is 0 Å². The van der Waals surface area contributed by atoms with Crippen molar-refractivity contribution in [3.05, 3.63) is 168 Å². The van der Waals surface area contributed by atoms with Gasteiger partial charge in [-0.3, -0.25) is 0 Å². The molecule has 0 aliphatic carbocycles. The maximum absolute atomic E-state index is 12.1. The summed E-state index contributed by atoms with van der Waals surface area (Å²) in [6, 6.07) is 44.1. The minimum atomic E-state index is -0.635. The molecule has 0 saturated carbocycles. The van der Waals surface area contributed by atoms with Crippen molar-refractivity contribution in [3.8, 4) is 33.7 Å². The minimum Gasteiger partial charge on any atom is -0.445 e. The molecule has 1 aromatic heterocycles. The molecule has 0 radical (unpaired) electrons. The van der Waals surface area contributed by atoms with E-state index in [-0.39, 0.29) is 31.3 Å². The lowest BCUT2D eigenvalue weighted by molar-refractivity contribution is -0.268. The van der Waals surface area contributed by atoms with E-state index in [9.17, 15) is 9.90 Å². The van der Waals surface area contributed by atoms with E-state index in [2.05, 4.69) is 18.8 Å². The number of carbonyl (C=O) groups excluding carboxylic acids is 1. The predicted molar refractivity (Wildman–Crippen MR) is 211 cm³/mol. The lowest BCUT2D eigenvalue weighted by Gasteiger charge is -2.41. The monoisotopic (exact) mass is 738 g/mol. The number of nitrogens with one attached hydrogen (secondary N) is 1. The molecule has 1 fully saturated rings. The Balaban J connectivity index is 1.13. The number of aliphatic hydroxyl groups excluding tert-OH is 1. The Morgan fingerprint density at radius 3 is 2.20 bits per heavy atom. The second-order valence-corrected chi connectivity index (χ2v) is 14.0. The third-order valence-corrected chi connectivity index (χ3v) is 10.4. The molecule has 4 atom stereocenters. The molecular weight excluding hydrogens is 697 g/mol. The first kappa shape index (κ1) is 36.9. The van der Waals surface area contributed by atoms with Gasteiger partial charge in [-0.15, -0.1) is 0 Å². The van der Waals surface area contributed by atoms with Crippen molar-refractivity contribution in [2.45, 2.75) is 43.8 Å². The quantitative estimate of drug-likeness (QED) is 0.0892. The van der Waals surface area contributed by atoms with Crippen LogP contribution in [0.25, 0.3) is 33.7 Å². The number of thioether (sulfide) groups is 1. The summed E-state index contributed by atoms with van der Waals surface area (Å²) < 4.78 is 25.0. The minimum absolute atomic E-state index is 0.0114. The maximum Gasteiger partial charge on any atom is 0.407 e. The Morgan fingerprint density at radius 2 is 1.50 bits per heavy atom. The van der Waals surface area contributed by atoms with E-state index in [4.69, 9.17) is 23.6 Å². The molecule has 274 valence electrons. The van der Waals surface area contributed by atoms with E-state index in [1.807, 2.05) is 133 Å². The normalized spacial score (nSPS) is 18.2. The molecule has 1 aliphatic rings. The maximum atomic E-state index is 12.1. The van der Waals surface area contributed by atoms with Crippen molar-refractivity contribution in [2.75, 3.05) is 12.4 Å². The lowest BCUT2D eigenvalue weighted by Crippen LogP contribution is -2.38. The standard InChI is InChI=1S/C45H42N2O6S/c1-3-26-50-44(49)46-27-37-16-10-11-17-38(37)32-22-24-36(25-23-32)43-51-39(30(2)41(52-43)35-20-18-31(28-48)19-21-35)29-54-45-47-40(33-12-6-4-7-13-33)42(53-45)34-14-8-5-9-15-34/h3-25,30,39,41,43,48H,1,26-29H2,2H3,(H,46,49)/t30-,39+,41+,43+/m1/s1. The van der Waals surface area contributed by atoms with Crippen LogP contribution in [-0.2, 0) is 27.4 Å². The zero-order chi connectivity index (χ0) is 37.3. The number of rotatable bonds is 13. The molecule has 2 heterocycles. The van der Waals surface area contributed by atoms with Crippen LogP contribution < -0.4 is 5.32 Å². The molecule has 0 spiro atoms. The number of ether oxygens (including phenoxy) is 3. The molecule has 8 nitrogen and oxygen atoms in total. The third-order valence-electron chi connectivity index (χ3n) is 9.45. The molecule has 54 heavy (non-hydrogen) atoms. The summed E-state index contributed by atoms with van der Waals surface area (Å²) in [5.74, 6) is 1.31. The number of benzene rings is 5. The van der Waals surface area contributed by atoms with Crippen LogP contribution in [0, 0.1) is 5.92 Å². The fourth-order valence-corrected chi connectivity index (χ4v) is 7.52. The number of aromatic nitrogens is 1. The molecule has 1 saturated heterocycles. The summed E-state index contributed by atoms with van der Waals surface area (Å²) >= 11 is 1.53.